The van der Waals surface area contributed by atoms with Crippen molar-refractivity contribution in [2.45, 2.75) is 26.3 Å². The second kappa shape index (κ2) is 7.70. The van der Waals surface area contributed by atoms with Gasteiger partial charge in [-0.25, -0.2) is 0 Å². The Balaban J connectivity index is 1.46. The van der Waals surface area contributed by atoms with Crippen molar-refractivity contribution in [3.05, 3.63) is 64.7 Å². The number of benzene rings is 2. The molecule has 0 spiro atoms. The smallest absolute Gasteiger partial charge is 0.228 e. The molecule has 2 unspecified atom stereocenters. The lowest BCUT2D eigenvalue weighted by atomic mass is 10.1. The van der Waals surface area contributed by atoms with Crippen LogP contribution >= 0.6 is 11.6 Å². The van der Waals surface area contributed by atoms with Gasteiger partial charge in [0.2, 0.25) is 11.8 Å². The summed E-state index contributed by atoms with van der Waals surface area (Å²) in [6, 6.07) is 15.1. The van der Waals surface area contributed by atoms with Gasteiger partial charge in [-0.3, -0.25) is 9.59 Å². The van der Waals surface area contributed by atoms with Gasteiger partial charge in [-0.2, -0.15) is 0 Å². The fourth-order valence-electron chi connectivity index (χ4n) is 2.76. The van der Waals surface area contributed by atoms with Crippen LogP contribution in [0.5, 0.6) is 0 Å². The van der Waals surface area contributed by atoms with E-state index >= 15 is 0 Å². The lowest BCUT2D eigenvalue weighted by molar-refractivity contribution is -0.125. The third-order valence-electron chi connectivity index (χ3n) is 4.47. The number of carbonyl (C=O) groups is 2. The summed E-state index contributed by atoms with van der Waals surface area (Å²) < 4.78 is 0. The summed E-state index contributed by atoms with van der Waals surface area (Å²) in [4.78, 5) is 24.4. The standard InChI is InChI=1S/C20H21ClN2O2/c1-2-13-5-9-16(10-6-13)23-20(25)18-11-17(18)19(24)22-12-14-3-7-15(21)8-4-14/h3-10,17-18H,2,11-12H2,1H3,(H,22,24)(H,23,25). The number of halogens is 1. The van der Waals surface area contributed by atoms with Crippen molar-refractivity contribution in [1.82, 2.24) is 5.32 Å². The van der Waals surface area contributed by atoms with E-state index in [0.717, 1.165) is 17.7 Å². The Bertz CT molecular complexity index is 756. The molecule has 0 heterocycles. The minimum Gasteiger partial charge on any atom is -0.352 e. The highest BCUT2D eigenvalue weighted by Gasteiger charge is 2.47. The topological polar surface area (TPSA) is 58.2 Å². The van der Waals surface area contributed by atoms with Crippen molar-refractivity contribution in [1.29, 1.82) is 0 Å². The number of hydrogen-bond donors (Lipinski definition) is 2. The molecule has 2 atom stereocenters. The molecule has 0 saturated heterocycles. The van der Waals surface area contributed by atoms with E-state index in [9.17, 15) is 9.59 Å². The average Bonchev–Trinajstić information content (AvgIpc) is 3.43. The number of amides is 2. The minimum atomic E-state index is -0.240. The summed E-state index contributed by atoms with van der Waals surface area (Å²) in [5, 5.41) is 6.44. The Morgan fingerprint density at radius 3 is 2.20 bits per heavy atom. The molecule has 0 radical (unpaired) electrons. The van der Waals surface area contributed by atoms with Crippen LogP contribution < -0.4 is 10.6 Å². The van der Waals surface area contributed by atoms with Gasteiger partial charge >= 0.3 is 0 Å². The molecule has 1 fully saturated rings. The van der Waals surface area contributed by atoms with E-state index in [1.165, 1.54) is 5.56 Å². The summed E-state index contributed by atoms with van der Waals surface area (Å²) in [5.74, 6) is -0.634. The summed E-state index contributed by atoms with van der Waals surface area (Å²) in [6.45, 7) is 2.53. The van der Waals surface area contributed by atoms with Crippen molar-refractivity contribution in [2.75, 3.05) is 5.32 Å². The van der Waals surface area contributed by atoms with E-state index < -0.39 is 0 Å². The number of hydrogen-bond acceptors (Lipinski definition) is 2. The first-order valence-corrected chi connectivity index (χ1v) is 8.86. The molecule has 0 bridgehead atoms. The van der Waals surface area contributed by atoms with Gasteiger partial charge in [-0.1, -0.05) is 42.8 Å². The normalized spacial score (nSPS) is 18.5. The molecule has 2 aromatic carbocycles. The highest BCUT2D eigenvalue weighted by molar-refractivity contribution is 6.30. The van der Waals surface area contributed by atoms with Gasteiger partial charge in [0.25, 0.3) is 0 Å². The van der Waals surface area contributed by atoms with E-state index in [4.69, 9.17) is 11.6 Å². The predicted octanol–water partition coefficient (Wildman–Crippen LogP) is 3.79. The highest BCUT2D eigenvalue weighted by Crippen LogP contribution is 2.39. The Morgan fingerprint density at radius 2 is 1.56 bits per heavy atom. The van der Waals surface area contributed by atoms with Crippen LogP contribution in [0.2, 0.25) is 5.02 Å². The van der Waals surface area contributed by atoms with Crippen LogP contribution in [0.1, 0.15) is 24.5 Å². The second-order valence-corrected chi connectivity index (χ2v) is 6.77. The number of aryl methyl sites for hydroxylation is 1. The first kappa shape index (κ1) is 17.5. The number of carbonyl (C=O) groups excluding carboxylic acids is 2. The zero-order chi connectivity index (χ0) is 17.8. The van der Waals surface area contributed by atoms with E-state index in [2.05, 4.69) is 17.6 Å². The van der Waals surface area contributed by atoms with Gasteiger partial charge in [-0.05, 0) is 48.2 Å². The minimum absolute atomic E-state index is 0.0727. The van der Waals surface area contributed by atoms with E-state index in [1.54, 1.807) is 12.1 Å². The van der Waals surface area contributed by atoms with Crippen molar-refractivity contribution < 1.29 is 9.59 Å². The van der Waals surface area contributed by atoms with Crippen LogP contribution in [0.25, 0.3) is 0 Å². The molecule has 5 heteroatoms. The maximum atomic E-state index is 12.3. The van der Waals surface area contributed by atoms with Crippen molar-refractivity contribution in [3.8, 4) is 0 Å². The van der Waals surface area contributed by atoms with E-state index in [-0.39, 0.29) is 23.7 Å². The Kier molecular flexibility index (Phi) is 5.39. The van der Waals surface area contributed by atoms with E-state index in [0.29, 0.717) is 18.0 Å². The third kappa shape index (κ3) is 4.60. The SMILES string of the molecule is CCc1ccc(NC(=O)C2CC2C(=O)NCc2ccc(Cl)cc2)cc1. The number of nitrogens with one attached hydrogen (secondary N) is 2. The molecule has 0 aromatic heterocycles. The molecule has 130 valence electrons. The molecule has 4 nitrogen and oxygen atoms in total. The third-order valence-corrected chi connectivity index (χ3v) is 4.73. The summed E-state index contributed by atoms with van der Waals surface area (Å²) in [6.07, 6.45) is 1.57. The quantitative estimate of drug-likeness (QED) is 0.827. The van der Waals surface area contributed by atoms with Gasteiger partial charge in [0, 0.05) is 17.3 Å². The Morgan fingerprint density at radius 1 is 0.960 bits per heavy atom. The number of anilines is 1. The molecular formula is C20H21ClN2O2. The fourth-order valence-corrected chi connectivity index (χ4v) is 2.88. The van der Waals surface area contributed by atoms with Crippen LogP contribution in [0.3, 0.4) is 0 Å². The maximum Gasteiger partial charge on any atom is 0.228 e. The molecular weight excluding hydrogens is 336 g/mol. The average molecular weight is 357 g/mol. The molecule has 0 aliphatic heterocycles. The van der Waals surface area contributed by atoms with Crippen LogP contribution in [-0.2, 0) is 22.6 Å². The van der Waals surface area contributed by atoms with Crippen LogP contribution in [0.4, 0.5) is 5.69 Å². The van der Waals surface area contributed by atoms with Gasteiger partial charge < -0.3 is 10.6 Å². The van der Waals surface area contributed by atoms with E-state index in [1.807, 2.05) is 36.4 Å². The first-order valence-electron chi connectivity index (χ1n) is 8.48. The van der Waals surface area contributed by atoms with Gasteiger partial charge in [-0.15, -0.1) is 0 Å². The van der Waals surface area contributed by atoms with Crippen LogP contribution in [-0.4, -0.2) is 11.8 Å². The lowest BCUT2D eigenvalue weighted by Crippen LogP contribution is -2.27. The molecule has 1 aliphatic rings. The molecule has 25 heavy (non-hydrogen) atoms. The largest absolute Gasteiger partial charge is 0.352 e. The summed E-state index contributed by atoms with van der Waals surface area (Å²) in [7, 11) is 0. The molecule has 2 N–H and O–H groups in total. The maximum absolute atomic E-state index is 12.3. The zero-order valence-corrected chi connectivity index (χ0v) is 14.8. The van der Waals surface area contributed by atoms with Crippen molar-refractivity contribution >= 4 is 29.1 Å². The Labute approximate surface area is 152 Å². The fraction of sp³-hybridized carbons (Fsp3) is 0.300. The molecule has 2 aromatic rings. The van der Waals surface area contributed by atoms with Gasteiger partial charge in [0.1, 0.15) is 0 Å². The monoisotopic (exact) mass is 356 g/mol. The number of rotatable bonds is 6. The predicted molar refractivity (Wildman–Crippen MR) is 99.3 cm³/mol. The summed E-state index contributed by atoms with van der Waals surface area (Å²) >= 11 is 5.84. The van der Waals surface area contributed by atoms with Crippen LogP contribution in [0, 0.1) is 11.8 Å². The molecule has 2 amide bonds. The van der Waals surface area contributed by atoms with Crippen LogP contribution in [0.15, 0.2) is 48.5 Å². The zero-order valence-electron chi connectivity index (χ0n) is 14.1. The molecule has 1 aliphatic carbocycles. The van der Waals surface area contributed by atoms with Gasteiger partial charge in [0.05, 0.1) is 11.8 Å². The van der Waals surface area contributed by atoms with Crippen molar-refractivity contribution in [3.63, 3.8) is 0 Å². The first-order chi connectivity index (χ1) is 12.1. The molecule has 1 saturated carbocycles. The Hall–Kier alpha value is -2.33. The molecule has 3 rings (SSSR count). The second-order valence-electron chi connectivity index (χ2n) is 6.33. The highest BCUT2D eigenvalue weighted by atomic mass is 35.5. The van der Waals surface area contributed by atoms with Gasteiger partial charge in [0.15, 0.2) is 0 Å². The lowest BCUT2D eigenvalue weighted by Gasteiger charge is -2.07. The van der Waals surface area contributed by atoms with Crippen molar-refractivity contribution in [2.24, 2.45) is 11.8 Å². The summed E-state index contributed by atoms with van der Waals surface area (Å²) in [5.41, 5.74) is 2.98.